The van der Waals surface area contributed by atoms with E-state index in [2.05, 4.69) is 33.6 Å². The van der Waals surface area contributed by atoms with Crippen molar-refractivity contribution in [1.29, 1.82) is 0 Å². The number of hydrogen-bond donors (Lipinski definition) is 1. The van der Waals surface area contributed by atoms with Gasteiger partial charge in [-0.1, -0.05) is 0 Å². The number of amides is 1. The summed E-state index contributed by atoms with van der Waals surface area (Å²) in [4.78, 5) is 30.7. The highest BCUT2D eigenvalue weighted by Gasteiger charge is 2.26. The number of aromatic nitrogens is 1. The molecule has 5 nitrogen and oxygen atoms in total. The maximum absolute atomic E-state index is 12.6. The van der Waals surface area contributed by atoms with E-state index >= 15 is 0 Å². The Morgan fingerprint density at radius 2 is 2.09 bits per heavy atom. The lowest BCUT2D eigenvalue weighted by Gasteiger charge is -2.38. The van der Waals surface area contributed by atoms with Gasteiger partial charge in [-0.2, -0.15) is 11.3 Å². The Labute approximate surface area is 139 Å². The van der Waals surface area contributed by atoms with Crippen LogP contribution in [0.4, 0.5) is 0 Å². The highest BCUT2D eigenvalue weighted by molar-refractivity contribution is 7.07. The molecule has 1 N–H and O–H groups in total. The third-order valence-electron chi connectivity index (χ3n) is 4.57. The van der Waals surface area contributed by atoms with Gasteiger partial charge in [0.2, 0.25) is 0 Å². The zero-order valence-corrected chi connectivity index (χ0v) is 14.2. The van der Waals surface area contributed by atoms with Crippen LogP contribution in [0, 0.1) is 6.92 Å². The first kappa shape index (κ1) is 16.0. The van der Waals surface area contributed by atoms with Crippen molar-refractivity contribution in [3.8, 4) is 0 Å². The number of aryl methyl sites for hydroxylation is 1. The van der Waals surface area contributed by atoms with E-state index in [1.54, 1.807) is 17.4 Å². The van der Waals surface area contributed by atoms with E-state index < -0.39 is 0 Å². The summed E-state index contributed by atoms with van der Waals surface area (Å²) in [6.07, 6.45) is 0.740. The fourth-order valence-electron chi connectivity index (χ4n) is 3.08. The quantitative estimate of drug-likeness (QED) is 0.877. The highest BCUT2D eigenvalue weighted by Crippen LogP contribution is 2.24. The van der Waals surface area contributed by atoms with Crippen LogP contribution in [-0.4, -0.2) is 53.2 Å². The van der Waals surface area contributed by atoms with Crippen molar-refractivity contribution in [2.75, 3.05) is 26.2 Å². The van der Waals surface area contributed by atoms with Crippen LogP contribution in [0.1, 0.15) is 45.1 Å². The second-order valence-electron chi connectivity index (χ2n) is 5.94. The number of carbonyl (C=O) groups excluding carboxylic acids is 2. The third kappa shape index (κ3) is 3.23. The molecule has 3 heterocycles. The number of nitrogens with zero attached hydrogens (tertiary/aromatic N) is 2. The minimum absolute atomic E-state index is 0.00897. The van der Waals surface area contributed by atoms with Crippen molar-refractivity contribution in [3.63, 3.8) is 0 Å². The molecule has 0 aliphatic carbocycles. The van der Waals surface area contributed by atoms with E-state index in [1.807, 2.05) is 11.8 Å². The standard InChI is InChI=1S/C17H21N3O2S/c1-12-16(9-15(10-21)18-12)17(22)20-6-4-19(5-7-20)13(2)14-3-8-23-11-14/h3,8-11,13,18H,4-7H2,1-2H3/t13-/m0/s1. The third-order valence-corrected chi connectivity index (χ3v) is 5.27. The maximum Gasteiger partial charge on any atom is 0.255 e. The smallest absolute Gasteiger partial charge is 0.255 e. The first-order chi connectivity index (χ1) is 11.1. The van der Waals surface area contributed by atoms with E-state index in [-0.39, 0.29) is 5.91 Å². The molecule has 0 aromatic carbocycles. The number of nitrogens with one attached hydrogen (secondary N) is 1. The summed E-state index contributed by atoms with van der Waals surface area (Å²) < 4.78 is 0. The number of aromatic amines is 1. The van der Waals surface area contributed by atoms with Gasteiger partial charge in [0.15, 0.2) is 6.29 Å². The minimum atomic E-state index is 0.00897. The molecule has 1 atom stereocenters. The van der Waals surface area contributed by atoms with E-state index in [0.29, 0.717) is 30.4 Å². The predicted octanol–water partition coefficient (Wildman–Crippen LogP) is 2.72. The van der Waals surface area contributed by atoms with Gasteiger partial charge in [-0.05, 0) is 42.3 Å². The molecule has 0 saturated carbocycles. The van der Waals surface area contributed by atoms with Crippen LogP contribution in [0.25, 0.3) is 0 Å². The number of H-pyrrole nitrogens is 1. The molecule has 0 bridgehead atoms. The Bertz CT molecular complexity index is 685. The lowest BCUT2D eigenvalue weighted by Crippen LogP contribution is -2.49. The van der Waals surface area contributed by atoms with E-state index in [1.165, 1.54) is 5.56 Å². The molecule has 23 heavy (non-hydrogen) atoms. The molecule has 0 spiro atoms. The summed E-state index contributed by atoms with van der Waals surface area (Å²) >= 11 is 1.72. The zero-order chi connectivity index (χ0) is 16.4. The lowest BCUT2D eigenvalue weighted by molar-refractivity contribution is 0.0582. The molecule has 1 amide bonds. The van der Waals surface area contributed by atoms with Crippen molar-refractivity contribution < 1.29 is 9.59 Å². The molecular formula is C17H21N3O2S. The van der Waals surface area contributed by atoms with Gasteiger partial charge in [0.05, 0.1) is 11.3 Å². The lowest BCUT2D eigenvalue weighted by atomic mass is 10.1. The molecule has 0 radical (unpaired) electrons. The maximum atomic E-state index is 12.6. The van der Waals surface area contributed by atoms with Gasteiger partial charge in [-0.15, -0.1) is 0 Å². The predicted molar refractivity (Wildman–Crippen MR) is 91.1 cm³/mol. The first-order valence-electron chi connectivity index (χ1n) is 7.80. The molecule has 2 aromatic rings. The molecule has 122 valence electrons. The second-order valence-corrected chi connectivity index (χ2v) is 6.72. The van der Waals surface area contributed by atoms with E-state index in [4.69, 9.17) is 0 Å². The molecule has 6 heteroatoms. The molecule has 1 fully saturated rings. The van der Waals surface area contributed by atoms with Gasteiger partial charge in [0.25, 0.3) is 5.91 Å². The molecule has 3 rings (SSSR count). The summed E-state index contributed by atoms with van der Waals surface area (Å²) in [5.74, 6) is 0.00897. The van der Waals surface area contributed by atoms with Crippen molar-refractivity contribution in [1.82, 2.24) is 14.8 Å². The number of piperazine rings is 1. The van der Waals surface area contributed by atoms with Crippen LogP contribution in [0.5, 0.6) is 0 Å². The van der Waals surface area contributed by atoms with Crippen LogP contribution in [0.15, 0.2) is 22.9 Å². The monoisotopic (exact) mass is 331 g/mol. The van der Waals surface area contributed by atoms with Crippen molar-refractivity contribution in [2.24, 2.45) is 0 Å². The van der Waals surface area contributed by atoms with Gasteiger partial charge < -0.3 is 9.88 Å². The summed E-state index contributed by atoms with van der Waals surface area (Å²) in [5, 5.41) is 4.29. The number of hydrogen-bond acceptors (Lipinski definition) is 4. The average molecular weight is 331 g/mol. The van der Waals surface area contributed by atoms with Crippen LogP contribution in [0.2, 0.25) is 0 Å². The van der Waals surface area contributed by atoms with Gasteiger partial charge in [0, 0.05) is 37.9 Å². The molecule has 2 aromatic heterocycles. The van der Waals surface area contributed by atoms with E-state index in [9.17, 15) is 9.59 Å². The average Bonchev–Trinajstić information content (AvgIpc) is 3.23. The zero-order valence-electron chi connectivity index (χ0n) is 13.4. The minimum Gasteiger partial charge on any atom is -0.356 e. The summed E-state index contributed by atoms with van der Waals surface area (Å²) in [7, 11) is 0. The normalized spacial score (nSPS) is 17.2. The van der Waals surface area contributed by atoms with Crippen molar-refractivity contribution in [3.05, 3.63) is 45.4 Å². The molecule has 1 aliphatic heterocycles. The van der Waals surface area contributed by atoms with Crippen LogP contribution in [-0.2, 0) is 0 Å². The van der Waals surface area contributed by atoms with Crippen LogP contribution < -0.4 is 0 Å². The number of rotatable bonds is 4. The fraction of sp³-hybridized carbons (Fsp3) is 0.412. The molecule has 1 saturated heterocycles. The second kappa shape index (κ2) is 6.68. The Morgan fingerprint density at radius 1 is 1.35 bits per heavy atom. The summed E-state index contributed by atoms with van der Waals surface area (Å²) in [6, 6.07) is 4.19. The Morgan fingerprint density at radius 3 is 2.65 bits per heavy atom. The summed E-state index contributed by atoms with van der Waals surface area (Å²) in [5.41, 5.74) is 3.15. The number of aldehydes is 1. The van der Waals surface area contributed by atoms with Crippen molar-refractivity contribution in [2.45, 2.75) is 19.9 Å². The number of carbonyl (C=O) groups is 2. The Balaban J connectivity index is 1.63. The molecule has 1 aliphatic rings. The van der Waals surface area contributed by atoms with Crippen molar-refractivity contribution >= 4 is 23.5 Å². The fourth-order valence-corrected chi connectivity index (χ4v) is 3.82. The van der Waals surface area contributed by atoms with Crippen LogP contribution >= 0.6 is 11.3 Å². The Hall–Kier alpha value is -1.92. The SMILES string of the molecule is Cc1[nH]c(C=O)cc1C(=O)N1CCN([C@@H](C)c2ccsc2)CC1. The largest absolute Gasteiger partial charge is 0.356 e. The molecule has 0 unspecified atom stereocenters. The highest BCUT2D eigenvalue weighted by atomic mass is 32.1. The first-order valence-corrected chi connectivity index (χ1v) is 8.74. The summed E-state index contributed by atoms with van der Waals surface area (Å²) in [6.45, 7) is 7.21. The Kier molecular flexibility index (Phi) is 4.63. The van der Waals surface area contributed by atoms with Crippen LogP contribution in [0.3, 0.4) is 0 Å². The topological polar surface area (TPSA) is 56.4 Å². The van der Waals surface area contributed by atoms with Gasteiger partial charge >= 0.3 is 0 Å². The number of thiophene rings is 1. The van der Waals surface area contributed by atoms with E-state index in [0.717, 1.165) is 25.1 Å². The molecular weight excluding hydrogens is 310 g/mol. The van der Waals surface area contributed by atoms with Gasteiger partial charge in [-0.3, -0.25) is 14.5 Å². The van der Waals surface area contributed by atoms with Gasteiger partial charge in [0.1, 0.15) is 0 Å². The van der Waals surface area contributed by atoms with Gasteiger partial charge in [-0.25, -0.2) is 0 Å².